The van der Waals surface area contributed by atoms with Crippen molar-refractivity contribution in [3.05, 3.63) is 47.9 Å². The molecule has 0 atom stereocenters. The highest BCUT2D eigenvalue weighted by atomic mass is 19.2. The van der Waals surface area contributed by atoms with E-state index in [9.17, 15) is 13.6 Å². The first-order valence-corrected chi connectivity index (χ1v) is 7.05. The van der Waals surface area contributed by atoms with Gasteiger partial charge in [0.25, 0.3) is 0 Å². The monoisotopic (exact) mass is 320 g/mol. The number of rotatable bonds is 3. The van der Waals surface area contributed by atoms with Crippen LogP contribution in [0, 0.1) is 11.6 Å². The summed E-state index contributed by atoms with van der Waals surface area (Å²) in [7, 11) is 0. The van der Waals surface area contributed by atoms with Crippen molar-refractivity contribution in [1.29, 1.82) is 0 Å². The molecule has 0 amide bonds. The molecule has 1 saturated heterocycles. The third kappa shape index (κ3) is 3.05. The van der Waals surface area contributed by atoms with Crippen LogP contribution in [0.15, 0.2) is 30.6 Å². The highest BCUT2D eigenvalue weighted by molar-refractivity contribution is 5.84. The topological polar surface area (TPSA) is 69.6 Å². The zero-order valence-corrected chi connectivity index (χ0v) is 12.1. The minimum atomic E-state index is -1.13. The maximum Gasteiger partial charge on any atom is 0.356 e. The third-order valence-corrected chi connectivity index (χ3v) is 3.73. The summed E-state index contributed by atoms with van der Waals surface area (Å²) >= 11 is 0. The quantitative estimate of drug-likeness (QED) is 0.930. The fourth-order valence-electron chi connectivity index (χ4n) is 2.51. The van der Waals surface area contributed by atoms with Crippen LogP contribution in [0.5, 0.6) is 0 Å². The second-order valence-corrected chi connectivity index (χ2v) is 5.11. The molecule has 1 aliphatic heterocycles. The summed E-state index contributed by atoms with van der Waals surface area (Å²) in [4.78, 5) is 22.4. The maximum atomic E-state index is 13.8. The molecule has 0 spiro atoms. The first-order valence-electron chi connectivity index (χ1n) is 7.05. The standard InChI is InChI=1S/C15H14F2N4O2/c16-10-2-1-3-12(14(10)17)20-4-6-21(7-5-20)13-9-18-11(8-19-13)15(22)23/h1-3,8-9H,4-7H2,(H,22,23). The summed E-state index contributed by atoms with van der Waals surface area (Å²) in [5.41, 5.74) is 0.131. The van der Waals surface area contributed by atoms with E-state index in [0.717, 1.165) is 6.07 Å². The van der Waals surface area contributed by atoms with E-state index in [-0.39, 0.29) is 11.4 Å². The number of piperazine rings is 1. The fourth-order valence-corrected chi connectivity index (χ4v) is 2.51. The van der Waals surface area contributed by atoms with Crippen molar-refractivity contribution >= 4 is 17.5 Å². The highest BCUT2D eigenvalue weighted by Crippen LogP contribution is 2.23. The lowest BCUT2D eigenvalue weighted by atomic mass is 10.2. The van der Waals surface area contributed by atoms with Gasteiger partial charge in [-0.25, -0.2) is 23.5 Å². The van der Waals surface area contributed by atoms with Crippen LogP contribution in [0.3, 0.4) is 0 Å². The Kier molecular flexibility index (Phi) is 4.05. The number of carbonyl (C=O) groups is 1. The Morgan fingerprint density at radius 1 is 1.04 bits per heavy atom. The van der Waals surface area contributed by atoms with E-state index >= 15 is 0 Å². The Morgan fingerprint density at radius 3 is 2.35 bits per heavy atom. The van der Waals surface area contributed by atoms with Gasteiger partial charge < -0.3 is 14.9 Å². The average Bonchev–Trinajstić information content (AvgIpc) is 2.58. The number of benzene rings is 1. The molecule has 6 nitrogen and oxygen atoms in total. The predicted molar refractivity (Wildman–Crippen MR) is 79.8 cm³/mol. The number of carboxylic acids is 1. The fraction of sp³-hybridized carbons (Fsp3) is 0.267. The molecule has 1 N–H and O–H groups in total. The van der Waals surface area contributed by atoms with Gasteiger partial charge in [-0.05, 0) is 12.1 Å². The molecule has 2 aromatic rings. The van der Waals surface area contributed by atoms with Crippen LogP contribution in [0.2, 0.25) is 0 Å². The summed E-state index contributed by atoms with van der Waals surface area (Å²) in [5, 5.41) is 8.81. The number of nitrogens with zero attached hydrogens (tertiary/aromatic N) is 4. The van der Waals surface area contributed by atoms with Crippen LogP contribution < -0.4 is 9.80 Å². The van der Waals surface area contributed by atoms with Gasteiger partial charge in [0.05, 0.1) is 18.1 Å². The largest absolute Gasteiger partial charge is 0.476 e. The second kappa shape index (κ2) is 6.15. The number of aromatic nitrogens is 2. The number of aromatic carboxylic acids is 1. The summed E-state index contributed by atoms with van der Waals surface area (Å²) in [6.45, 7) is 2.11. The smallest absolute Gasteiger partial charge is 0.356 e. The summed E-state index contributed by atoms with van der Waals surface area (Å²) < 4.78 is 27.1. The van der Waals surface area contributed by atoms with Gasteiger partial charge in [-0.2, -0.15) is 0 Å². The molecule has 120 valence electrons. The minimum Gasteiger partial charge on any atom is -0.476 e. The van der Waals surface area contributed by atoms with Crippen molar-refractivity contribution in [3.8, 4) is 0 Å². The Balaban J connectivity index is 1.68. The second-order valence-electron chi connectivity index (χ2n) is 5.11. The molecule has 1 aromatic carbocycles. The Morgan fingerprint density at radius 2 is 1.74 bits per heavy atom. The number of carboxylic acid groups (broad SMARTS) is 1. The van der Waals surface area contributed by atoms with E-state index in [1.54, 1.807) is 11.0 Å². The molecule has 0 unspecified atom stereocenters. The van der Waals surface area contributed by atoms with Gasteiger partial charge in [0.2, 0.25) is 0 Å². The number of anilines is 2. The van der Waals surface area contributed by atoms with Gasteiger partial charge in [-0.15, -0.1) is 0 Å². The van der Waals surface area contributed by atoms with Gasteiger partial charge >= 0.3 is 5.97 Å². The normalized spacial score (nSPS) is 14.9. The molecule has 0 saturated carbocycles. The summed E-state index contributed by atoms with van der Waals surface area (Å²) in [6, 6.07) is 4.13. The van der Waals surface area contributed by atoms with Gasteiger partial charge in [0.15, 0.2) is 17.3 Å². The maximum absolute atomic E-state index is 13.8. The molecule has 3 rings (SSSR count). The van der Waals surface area contributed by atoms with Gasteiger partial charge in [0.1, 0.15) is 5.82 Å². The SMILES string of the molecule is O=C(O)c1cnc(N2CCN(c3cccc(F)c3F)CC2)cn1. The van der Waals surface area contributed by atoms with Crippen LogP contribution in [-0.2, 0) is 0 Å². The van der Waals surface area contributed by atoms with Crippen LogP contribution in [0.25, 0.3) is 0 Å². The molecule has 1 fully saturated rings. The van der Waals surface area contributed by atoms with E-state index in [1.165, 1.54) is 18.5 Å². The van der Waals surface area contributed by atoms with Gasteiger partial charge in [0, 0.05) is 26.2 Å². The summed E-state index contributed by atoms with van der Waals surface area (Å²) in [5.74, 6) is -2.27. The highest BCUT2D eigenvalue weighted by Gasteiger charge is 2.22. The van der Waals surface area contributed by atoms with Crippen LogP contribution in [-0.4, -0.2) is 47.2 Å². The Hall–Kier alpha value is -2.77. The van der Waals surface area contributed by atoms with Crippen molar-refractivity contribution in [2.75, 3.05) is 36.0 Å². The molecular weight excluding hydrogens is 306 g/mol. The van der Waals surface area contributed by atoms with Gasteiger partial charge in [-0.1, -0.05) is 6.07 Å². The van der Waals surface area contributed by atoms with Gasteiger partial charge in [-0.3, -0.25) is 0 Å². The third-order valence-electron chi connectivity index (χ3n) is 3.73. The molecule has 1 aromatic heterocycles. The van der Waals surface area contributed by atoms with Crippen LogP contribution in [0.1, 0.15) is 10.5 Å². The van der Waals surface area contributed by atoms with Crippen LogP contribution >= 0.6 is 0 Å². The number of hydrogen-bond donors (Lipinski definition) is 1. The van der Waals surface area contributed by atoms with Crippen molar-refractivity contribution in [3.63, 3.8) is 0 Å². The van der Waals surface area contributed by atoms with E-state index in [4.69, 9.17) is 5.11 Å². The van der Waals surface area contributed by atoms with Crippen molar-refractivity contribution in [2.45, 2.75) is 0 Å². The Labute approximate surface area is 131 Å². The Bertz CT molecular complexity index is 716. The zero-order valence-electron chi connectivity index (χ0n) is 12.1. The number of hydrogen-bond acceptors (Lipinski definition) is 5. The molecule has 23 heavy (non-hydrogen) atoms. The number of halogens is 2. The minimum absolute atomic E-state index is 0.116. The van der Waals surface area contributed by atoms with Crippen molar-refractivity contribution in [2.24, 2.45) is 0 Å². The van der Waals surface area contributed by atoms with Crippen LogP contribution in [0.4, 0.5) is 20.3 Å². The molecule has 1 aliphatic rings. The zero-order chi connectivity index (χ0) is 16.4. The molecule has 2 heterocycles. The lowest BCUT2D eigenvalue weighted by molar-refractivity contribution is 0.0690. The summed E-state index contributed by atoms with van der Waals surface area (Å²) in [6.07, 6.45) is 2.61. The van der Waals surface area contributed by atoms with Crippen molar-refractivity contribution in [1.82, 2.24) is 9.97 Å². The van der Waals surface area contributed by atoms with E-state index in [2.05, 4.69) is 9.97 Å². The molecule has 8 heteroatoms. The molecule has 0 aliphatic carbocycles. The molecule has 0 bridgehead atoms. The van der Waals surface area contributed by atoms with E-state index in [1.807, 2.05) is 4.90 Å². The molecule has 0 radical (unpaired) electrons. The van der Waals surface area contributed by atoms with Crippen molar-refractivity contribution < 1.29 is 18.7 Å². The first-order chi connectivity index (χ1) is 11.1. The lowest BCUT2D eigenvalue weighted by Crippen LogP contribution is -2.47. The lowest BCUT2D eigenvalue weighted by Gasteiger charge is -2.36. The van der Waals surface area contributed by atoms with E-state index < -0.39 is 17.6 Å². The molecular formula is C15H14F2N4O2. The first kappa shape index (κ1) is 15.1. The van der Waals surface area contributed by atoms with E-state index in [0.29, 0.717) is 32.0 Å². The average molecular weight is 320 g/mol. The predicted octanol–water partition coefficient (Wildman–Crippen LogP) is 1.78.